The minimum atomic E-state index is 0.580. The molecule has 0 atom stereocenters. The average Bonchev–Trinajstić information content (AvgIpc) is 2.18. The Bertz CT molecular complexity index is 251. The number of nitrogens with two attached hydrogens (primary N) is 1. The second-order valence-electron chi connectivity index (χ2n) is 2.61. The highest BCUT2D eigenvalue weighted by Gasteiger charge is 2.07. The fourth-order valence-corrected chi connectivity index (χ4v) is 1.24. The van der Waals surface area contributed by atoms with E-state index in [9.17, 15) is 0 Å². The standard InChI is InChI=1S/C10H14NO2/c1-12-9-4-3-5-10(13-2)8(9)6-7-11/h4-5H,6-7,11H2,1-2H3. The summed E-state index contributed by atoms with van der Waals surface area (Å²) >= 11 is 0. The van der Waals surface area contributed by atoms with Crippen LogP contribution in [0.5, 0.6) is 11.5 Å². The van der Waals surface area contributed by atoms with E-state index in [2.05, 4.69) is 6.07 Å². The van der Waals surface area contributed by atoms with E-state index in [0.717, 1.165) is 23.5 Å². The topological polar surface area (TPSA) is 44.5 Å². The van der Waals surface area contributed by atoms with Crippen molar-refractivity contribution < 1.29 is 9.47 Å². The molecule has 1 rings (SSSR count). The summed E-state index contributed by atoms with van der Waals surface area (Å²) in [5, 5.41) is 0. The van der Waals surface area contributed by atoms with Crippen LogP contribution in [0.25, 0.3) is 0 Å². The molecule has 0 aliphatic heterocycles. The molecule has 2 N–H and O–H groups in total. The van der Waals surface area contributed by atoms with Gasteiger partial charge in [0.2, 0.25) is 0 Å². The van der Waals surface area contributed by atoms with E-state index in [0.29, 0.717) is 6.54 Å². The minimum absolute atomic E-state index is 0.580. The highest BCUT2D eigenvalue weighted by Crippen LogP contribution is 2.27. The zero-order valence-electron chi connectivity index (χ0n) is 7.96. The highest BCUT2D eigenvalue weighted by molar-refractivity contribution is 5.44. The fourth-order valence-electron chi connectivity index (χ4n) is 1.24. The number of benzene rings is 1. The molecule has 3 heteroatoms. The van der Waals surface area contributed by atoms with Crippen molar-refractivity contribution in [3.63, 3.8) is 0 Å². The molecule has 0 spiro atoms. The summed E-state index contributed by atoms with van der Waals surface area (Å²) in [6, 6.07) is 6.51. The van der Waals surface area contributed by atoms with E-state index in [4.69, 9.17) is 15.2 Å². The van der Waals surface area contributed by atoms with Crippen LogP contribution >= 0.6 is 0 Å². The van der Waals surface area contributed by atoms with Crippen molar-refractivity contribution in [2.75, 3.05) is 20.8 Å². The molecule has 13 heavy (non-hydrogen) atoms. The molecule has 3 nitrogen and oxygen atoms in total. The molecule has 0 saturated carbocycles. The second kappa shape index (κ2) is 4.72. The monoisotopic (exact) mass is 180 g/mol. The Kier molecular flexibility index (Phi) is 3.58. The molecule has 0 unspecified atom stereocenters. The van der Waals surface area contributed by atoms with Gasteiger partial charge in [0.25, 0.3) is 0 Å². The Labute approximate surface area is 78.5 Å². The maximum absolute atomic E-state index is 5.49. The first kappa shape index (κ1) is 9.86. The molecule has 0 aliphatic carbocycles. The van der Waals surface area contributed by atoms with E-state index in [-0.39, 0.29) is 0 Å². The van der Waals surface area contributed by atoms with Crippen LogP contribution in [0.4, 0.5) is 0 Å². The number of rotatable bonds is 4. The van der Waals surface area contributed by atoms with Crippen molar-refractivity contribution in [2.45, 2.75) is 6.42 Å². The van der Waals surface area contributed by atoms with Gasteiger partial charge in [-0.15, -0.1) is 0 Å². The smallest absolute Gasteiger partial charge is 0.126 e. The van der Waals surface area contributed by atoms with Crippen molar-refractivity contribution in [3.8, 4) is 11.5 Å². The summed E-state index contributed by atoms with van der Waals surface area (Å²) in [6.07, 6.45) is 0.751. The lowest BCUT2D eigenvalue weighted by atomic mass is 10.1. The van der Waals surface area contributed by atoms with Crippen LogP contribution in [0, 0.1) is 6.07 Å². The quantitative estimate of drug-likeness (QED) is 0.752. The van der Waals surface area contributed by atoms with Gasteiger partial charge in [-0.25, -0.2) is 0 Å². The number of methoxy groups -OCH3 is 2. The van der Waals surface area contributed by atoms with Crippen molar-refractivity contribution in [1.82, 2.24) is 0 Å². The lowest BCUT2D eigenvalue weighted by molar-refractivity contribution is 0.385. The molecule has 0 aromatic heterocycles. The van der Waals surface area contributed by atoms with Crippen LogP contribution in [0.1, 0.15) is 5.56 Å². The lowest BCUT2D eigenvalue weighted by Gasteiger charge is -2.11. The normalized spacial score (nSPS) is 9.77. The maximum Gasteiger partial charge on any atom is 0.126 e. The summed E-state index contributed by atoms with van der Waals surface area (Å²) in [5.41, 5.74) is 6.49. The molecule has 71 valence electrons. The Morgan fingerprint density at radius 3 is 2.15 bits per heavy atom. The molecule has 0 amide bonds. The molecular formula is C10H14NO2. The minimum Gasteiger partial charge on any atom is -0.496 e. The van der Waals surface area contributed by atoms with Gasteiger partial charge in [0, 0.05) is 5.56 Å². The Balaban J connectivity index is 3.05. The van der Waals surface area contributed by atoms with Crippen LogP contribution in [0.15, 0.2) is 12.1 Å². The van der Waals surface area contributed by atoms with Crippen LogP contribution in [-0.4, -0.2) is 20.8 Å². The molecule has 0 bridgehead atoms. The first-order chi connectivity index (χ1) is 6.33. The summed E-state index contributed by atoms with van der Waals surface area (Å²) in [5.74, 6) is 1.56. The summed E-state index contributed by atoms with van der Waals surface area (Å²) in [4.78, 5) is 0. The van der Waals surface area contributed by atoms with Gasteiger partial charge in [-0.1, -0.05) is 0 Å². The van der Waals surface area contributed by atoms with Crippen molar-refractivity contribution in [2.24, 2.45) is 5.73 Å². The summed E-state index contributed by atoms with van der Waals surface area (Å²) < 4.78 is 10.3. The Morgan fingerprint density at radius 2 is 1.77 bits per heavy atom. The Hall–Kier alpha value is -1.22. The highest BCUT2D eigenvalue weighted by atomic mass is 16.5. The van der Waals surface area contributed by atoms with Gasteiger partial charge in [0.05, 0.1) is 14.2 Å². The van der Waals surface area contributed by atoms with Crippen LogP contribution < -0.4 is 15.2 Å². The zero-order valence-corrected chi connectivity index (χ0v) is 7.96. The number of ether oxygens (including phenoxy) is 2. The zero-order chi connectivity index (χ0) is 9.68. The van der Waals surface area contributed by atoms with Gasteiger partial charge in [-0.05, 0) is 31.2 Å². The Morgan fingerprint density at radius 1 is 1.23 bits per heavy atom. The van der Waals surface area contributed by atoms with Gasteiger partial charge in [-0.3, -0.25) is 0 Å². The fraction of sp³-hybridized carbons (Fsp3) is 0.400. The molecule has 0 fully saturated rings. The first-order valence-electron chi connectivity index (χ1n) is 4.14. The lowest BCUT2D eigenvalue weighted by Crippen LogP contribution is -2.05. The van der Waals surface area contributed by atoms with Crippen molar-refractivity contribution >= 4 is 0 Å². The average molecular weight is 180 g/mol. The van der Waals surface area contributed by atoms with Crippen molar-refractivity contribution in [3.05, 3.63) is 23.8 Å². The first-order valence-corrected chi connectivity index (χ1v) is 4.14. The van der Waals surface area contributed by atoms with Gasteiger partial charge >= 0.3 is 0 Å². The van der Waals surface area contributed by atoms with E-state index in [1.807, 2.05) is 0 Å². The van der Waals surface area contributed by atoms with Gasteiger partial charge in [-0.2, -0.15) is 0 Å². The molecule has 0 heterocycles. The van der Waals surface area contributed by atoms with Gasteiger partial charge in [0.15, 0.2) is 0 Å². The SMILES string of the molecule is COc1c[c]cc(OC)c1CCN. The third-order valence-electron chi connectivity index (χ3n) is 1.86. The van der Waals surface area contributed by atoms with Gasteiger partial charge in [0.1, 0.15) is 11.5 Å². The van der Waals surface area contributed by atoms with E-state index in [1.165, 1.54) is 0 Å². The van der Waals surface area contributed by atoms with Crippen LogP contribution in [0.3, 0.4) is 0 Å². The third kappa shape index (κ3) is 2.12. The predicted octanol–water partition coefficient (Wildman–Crippen LogP) is 1.01. The van der Waals surface area contributed by atoms with E-state index < -0.39 is 0 Å². The third-order valence-corrected chi connectivity index (χ3v) is 1.86. The van der Waals surface area contributed by atoms with E-state index in [1.54, 1.807) is 26.4 Å². The molecule has 1 aromatic rings. The number of hydrogen-bond donors (Lipinski definition) is 1. The molecule has 1 radical (unpaired) electrons. The number of hydrogen-bond acceptors (Lipinski definition) is 3. The summed E-state index contributed by atoms with van der Waals surface area (Å²) in [6.45, 7) is 0.580. The summed E-state index contributed by atoms with van der Waals surface area (Å²) in [7, 11) is 3.26. The van der Waals surface area contributed by atoms with Crippen LogP contribution in [-0.2, 0) is 6.42 Å². The molecule has 0 aliphatic rings. The molecular weight excluding hydrogens is 166 g/mol. The van der Waals surface area contributed by atoms with Crippen molar-refractivity contribution in [1.29, 1.82) is 0 Å². The molecule has 1 aromatic carbocycles. The molecule has 0 saturated heterocycles. The predicted molar refractivity (Wildman–Crippen MR) is 51.1 cm³/mol. The second-order valence-corrected chi connectivity index (χ2v) is 2.61. The maximum atomic E-state index is 5.49. The largest absolute Gasteiger partial charge is 0.496 e. The van der Waals surface area contributed by atoms with E-state index >= 15 is 0 Å². The van der Waals surface area contributed by atoms with Crippen LogP contribution in [0.2, 0.25) is 0 Å². The van der Waals surface area contributed by atoms with Gasteiger partial charge < -0.3 is 15.2 Å².